The zero-order chi connectivity index (χ0) is 19.6. The van der Waals surface area contributed by atoms with E-state index in [1.165, 1.54) is 12.1 Å². The van der Waals surface area contributed by atoms with Gasteiger partial charge in [0.05, 0.1) is 10.7 Å². The Morgan fingerprint density at radius 1 is 1.11 bits per heavy atom. The first-order chi connectivity index (χ1) is 12.7. The van der Waals surface area contributed by atoms with Crippen LogP contribution in [-0.2, 0) is 16.3 Å². The van der Waals surface area contributed by atoms with Crippen LogP contribution >= 0.6 is 27.5 Å². The van der Waals surface area contributed by atoms with Crippen molar-refractivity contribution in [3.05, 3.63) is 79.6 Å². The number of sulfone groups is 1. The summed E-state index contributed by atoms with van der Waals surface area (Å²) >= 11 is 9.54. The fourth-order valence-electron chi connectivity index (χ4n) is 2.40. The van der Waals surface area contributed by atoms with Gasteiger partial charge in [-0.25, -0.2) is 13.5 Å². The molecular formula is C18H14BrClN2O4S. The van der Waals surface area contributed by atoms with Gasteiger partial charge in [0.25, 0.3) is 5.56 Å². The van der Waals surface area contributed by atoms with E-state index in [4.69, 9.17) is 16.3 Å². The number of halogens is 2. The minimum atomic E-state index is -3.48. The summed E-state index contributed by atoms with van der Waals surface area (Å²) in [6, 6.07) is 12.9. The lowest BCUT2D eigenvalue weighted by Gasteiger charge is -2.13. The van der Waals surface area contributed by atoms with Crippen molar-refractivity contribution in [3.63, 3.8) is 0 Å². The van der Waals surface area contributed by atoms with E-state index in [-0.39, 0.29) is 16.2 Å². The Labute approximate surface area is 169 Å². The van der Waals surface area contributed by atoms with Gasteiger partial charge in [-0.15, -0.1) is 0 Å². The van der Waals surface area contributed by atoms with Gasteiger partial charge in [-0.05, 0) is 42.0 Å². The molecule has 0 spiro atoms. The Balaban J connectivity index is 1.95. The van der Waals surface area contributed by atoms with Crippen molar-refractivity contribution in [2.75, 3.05) is 6.26 Å². The van der Waals surface area contributed by atoms with Crippen LogP contribution in [0.4, 0.5) is 0 Å². The highest BCUT2D eigenvalue weighted by Gasteiger charge is 2.17. The van der Waals surface area contributed by atoms with Gasteiger partial charge in [-0.3, -0.25) is 4.79 Å². The van der Waals surface area contributed by atoms with Crippen LogP contribution in [0.25, 0.3) is 0 Å². The molecule has 0 bridgehead atoms. The molecule has 0 aliphatic rings. The maximum absolute atomic E-state index is 12.0. The van der Waals surface area contributed by atoms with E-state index in [0.717, 1.165) is 11.8 Å². The molecule has 1 heterocycles. The monoisotopic (exact) mass is 468 g/mol. The van der Waals surface area contributed by atoms with Crippen molar-refractivity contribution in [2.45, 2.75) is 11.3 Å². The van der Waals surface area contributed by atoms with Crippen molar-refractivity contribution in [3.8, 4) is 11.5 Å². The first kappa shape index (κ1) is 19.6. The van der Waals surface area contributed by atoms with Crippen molar-refractivity contribution >= 4 is 37.4 Å². The first-order valence-electron chi connectivity index (χ1n) is 7.73. The summed E-state index contributed by atoms with van der Waals surface area (Å²) < 4.78 is 30.5. The summed E-state index contributed by atoms with van der Waals surface area (Å²) in [5, 5.41) is 6.69. The molecule has 0 radical (unpaired) electrons. The van der Waals surface area contributed by atoms with Crippen molar-refractivity contribution in [2.24, 2.45) is 0 Å². The zero-order valence-corrected chi connectivity index (χ0v) is 17.2. The molecule has 9 heteroatoms. The van der Waals surface area contributed by atoms with Gasteiger partial charge >= 0.3 is 0 Å². The number of nitrogens with one attached hydrogen (secondary N) is 1. The predicted molar refractivity (Wildman–Crippen MR) is 106 cm³/mol. The molecule has 0 aliphatic carbocycles. The molecule has 0 saturated carbocycles. The third-order valence-electron chi connectivity index (χ3n) is 3.64. The molecule has 2 aromatic carbocycles. The van der Waals surface area contributed by atoms with Crippen LogP contribution in [0.3, 0.4) is 0 Å². The van der Waals surface area contributed by atoms with Crippen LogP contribution in [-0.4, -0.2) is 24.9 Å². The van der Waals surface area contributed by atoms with Gasteiger partial charge in [0, 0.05) is 23.2 Å². The summed E-state index contributed by atoms with van der Waals surface area (Å²) in [6.07, 6.45) is 1.56. The molecule has 27 heavy (non-hydrogen) atoms. The highest BCUT2D eigenvalue weighted by molar-refractivity contribution is 9.10. The smallest absolute Gasteiger partial charge is 0.264 e. The molecule has 140 valence electrons. The standard InChI is InChI=1S/C18H14BrClN2O4S/c1-27(24,25)17-6-3-12(19)10-16(17)26-15-9-11(2-5-14(15)20)8-13-4-7-18(23)22-21-13/h2-7,9-10H,8H2,1H3,(H,22,23). The van der Waals surface area contributed by atoms with E-state index >= 15 is 0 Å². The Bertz CT molecular complexity index is 1140. The highest BCUT2D eigenvalue weighted by atomic mass is 79.9. The molecular weight excluding hydrogens is 456 g/mol. The topological polar surface area (TPSA) is 89.1 Å². The number of H-pyrrole nitrogens is 1. The predicted octanol–water partition coefficient (Wildman–Crippen LogP) is 3.97. The van der Waals surface area contributed by atoms with E-state index in [0.29, 0.717) is 27.4 Å². The Hall–Kier alpha value is -2.16. The second kappa shape index (κ2) is 7.84. The van der Waals surface area contributed by atoms with Crippen LogP contribution in [0, 0.1) is 0 Å². The van der Waals surface area contributed by atoms with Crippen LogP contribution in [0.1, 0.15) is 11.3 Å². The fourth-order valence-corrected chi connectivity index (χ4v) is 3.68. The molecule has 0 atom stereocenters. The van der Waals surface area contributed by atoms with Gasteiger partial charge in [0.1, 0.15) is 16.4 Å². The first-order valence-corrected chi connectivity index (χ1v) is 10.8. The number of aromatic amines is 1. The van der Waals surface area contributed by atoms with Gasteiger partial charge in [0.2, 0.25) is 0 Å². The minimum absolute atomic E-state index is 0.0643. The lowest BCUT2D eigenvalue weighted by atomic mass is 10.1. The van der Waals surface area contributed by atoms with Gasteiger partial charge in [0.15, 0.2) is 9.84 Å². The van der Waals surface area contributed by atoms with E-state index < -0.39 is 9.84 Å². The molecule has 0 fully saturated rings. The molecule has 1 aromatic heterocycles. The summed E-state index contributed by atoms with van der Waals surface area (Å²) in [5.41, 5.74) is 1.23. The minimum Gasteiger partial charge on any atom is -0.454 e. The summed E-state index contributed by atoms with van der Waals surface area (Å²) in [7, 11) is -3.48. The Morgan fingerprint density at radius 3 is 2.56 bits per heavy atom. The van der Waals surface area contributed by atoms with Crippen LogP contribution in [0.5, 0.6) is 11.5 Å². The number of benzene rings is 2. The summed E-state index contributed by atoms with van der Waals surface area (Å²) in [5.74, 6) is 0.495. The van der Waals surface area contributed by atoms with Crippen molar-refractivity contribution in [1.29, 1.82) is 0 Å². The number of rotatable bonds is 5. The number of aromatic nitrogens is 2. The maximum atomic E-state index is 12.0. The van der Waals surface area contributed by atoms with Crippen LogP contribution in [0.2, 0.25) is 5.02 Å². The van der Waals surface area contributed by atoms with E-state index in [1.54, 1.807) is 36.4 Å². The van der Waals surface area contributed by atoms with Gasteiger partial charge in [-0.1, -0.05) is 33.6 Å². The molecule has 1 N–H and O–H groups in total. The number of ether oxygens (including phenoxy) is 1. The zero-order valence-electron chi connectivity index (χ0n) is 14.1. The molecule has 0 unspecified atom stereocenters. The van der Waals surface area contributed by atoms with Crippen molar-refractivity contribution in [1.82, 2.24) is 10.2 Å². The fraction of sp³-hybridized carbons (Fsp3) is 0.111. The normalized spacial score (nSPS) is 11.4. The number of hydrogen-bond donors (Lipinski definition) is 1. The second-order valence-corrected chi connectivity index (χ2v) is 9.13. The molecule has 3 aromatic rings. The Kier molecular flexibility index (Phi) is 5.69. The summed E-state index contributed by atoms with van der Waals surface area (Å²) in [6.45, 7) is 0. The van der Waals surface area contributed by atoms with E-state index in [9.17, 15) is 13.2 Å². The van der Waals surface area contributed by atoms with Crippen LogP contribution < -0.4 is 10.3 Å². The SMILES string of the molecule is CS(=O)(=O)c1ccc(Br)cc1Oc1cc(Cc2ccc(=O)[nH]n2)ccc1Cl. The molecule has 6 nitrogen and oxygen atoms in total. The average molecular weight is 470 g/mol. The highest BCUT2D eigenvalue weighted by Crippen LogP contribution is 2.35. The third-order valence-corrected chi connectivity index (χ3v) is 5.58. The van der Waals surface area contributed by atoms with Gasteiger partial charge in [-0.2, -0.15) is 5.10 Å². The molecule has 0 saturated heterocycles. The average Bonchev–Trinajstić information content (AvgIpc) is 2.59. The number of hydrogen-bond acceptors (Lipinski definition) is 5. The molecule has 3 rings (SSSR count). The van der Waals surface area contributed by atoms with Gasteiger partial charge < -0.3 is 4.74 Å². The quantitative estimate of drug-likeness (QED) is 0.611. The lowest BCUT2D eigenvalue weighted by molar-refractivity contribution is 0.467. The Morgan fingerprint density at radius 2 is 1.89 bits per heavy atom. The lowest BCUT2D eigenvalue weighted by Crippen LogP contribution is -2.07. The molecule has 0 aliphatic heterocycles. The number of nitrogens with zero attached hydrogens (tertiary/aromatic N) is 1. The van der Waals surface area contributed by atoms with E-state index in [2.05, 4.69) is 26.1 Å². The largest absolute Gasteiger partial charge is 0.454 e. The van der Waals surface area contributed by atoms with Crippen molar-refractivity contribution < 1.29 is 13.2 Å². The van der Waals surface area contributed by atoms with Crippen LogP contribution in [0.15, 0.2) is 62.7 Å². The third kappa shape index (κ3) is 4.97. The summed E-state index contributed by atoms with van der Waals surface area (Å²) in [4.78, 5) is 11.2. The maximum Gasteiger partial charge on any atom is 0.264 e. The second-order valence-electron chi connectivity index (χ2n) is 5.82. The van der Waals surface area contributed by atoms with E-state index in [1.807, 2.05) is 0 Å². The molecule has 0 amide bonds.